The molecular weight excluding hydrogens is 399 g/mol. The Balaban J connectivity index is 1.72. The van der Waals surface area contributed by atoms with Crippen LogP contribution < -0.4 is 10.6 Å². The van der Waals surface area contributed by atoms with Crippen molar-refractivity contribution in [3.63, 3.8) is 0 Å². The molecule has 0 saturated carbocycles. The molecule has 1 aromatic carbocycles. The van der Waals surface area contributed by atoms with Gasteiger partial charge >= 0.3 is 15.5 Å². The lowest BCUT2D eigenvalue weighted by atomic mass is 10.2. The number of hydrogen-bond acceptors (Lipinski definition) is 7. The highest BCUT2D eigenvalue weighted by atomic mass is 32.2. The number of alkyl halides is 3. The maximum atomic E-state index is 12.8. The van der Waals surface area contributed by atoms with Crippen molar-refractivity contribution >= 4 is 49.5 Å². The van der Waals surface area contributed by atoms with Crippen molar-refractivity contribution < 1.29 is 21.6 Å². The Morgan fingerprint density at radius 1 is 1.18 bits per heavy atom. The van der Waals surface area contributed by atoms with Crippen LogP contribution in [-0.4, -0.2) is 44.9 Å². The topological polar surface area (TPSA) is 118 Å². The van der Waals surface area contributed by atoms with E-state index in [9.17, 15) is 21.6 Å². The highest BCUT2D eigenvalue weighted by molar-refractivity contribution is 7.90. The van der Waals surface area contributed by atoms with Crippen molar-refractivity contribution in [2.24, 2.45) is 0 Å². The molecule has 0 spiro atoms. The van der Waals surface area contributed by atoms with Crippen molar-refractivity contribution in [1.82, 2.24) is 23.9 Å². The van der Waals surface area contributed by atoms with Crippen molar-refractivity contribution in [3.8, 4) is 0 Å². The number of halogens is 3. The van der Waals surface area contributed by atoms with E-state index in [0.717, 1.165) is 6.20 Å². The Bertz CT molecular complexity index is 1290. The normalized spacial score (nSPS) is 12.6. The molecule has 3 heterocycles. The summed E-state index contributed by atoms with van der Waals surface area (Å²) in [5.74, 6) is 0.721. The van der Waals surface area contributed by atoms with Gasteiger partial charge in [0.25, 0.3) is 0 Å². The molecule has 3 N–H and O–H groups in total. The lowest BCUT2D eigenvalue weighted by molar-refractivity contribution is -0.0445. The fraction of sp³-hybridized carbons (Fsp3) is 0.133. The van der Waals surface area contributed by atoms with Crippen LogP contribution in [0.3, 0.4) is 0 Å². The van der Waals surface area contributed by atoms with Crippen LogP contribution in [0, 0.1) is 0 Å². The standard InChI is InChI=1S/C15H12F3N7O2S/c1-19-12-11-13(21-7-20-11)24-14(23-12)22-9-2-3-10-8(6-9)4-5-25(10)28(26,27)15(16,17)18/h2-7H,1H3,(H3,19,20,21,22,23,24). The zero-order chi connectivity index (χ0) is 20.1. The first-order chi connectivity index (χ1) is 13.2. The second kappa shape index (κ2) is 6.09. The molecule has 0 bridgehead atoms. The Kier molecular flexibility index (Phi) is 3.92. The summed E-state index contributed by atoms with van der Waals surface area (Å²) < 4.78 is 62.0. The van der Waals surface area contributed by atoms with Crippen LogP contribution in [-0.2, 0) is 10.0 Å². The lowest BCUT2D eigenvalue weighted by Crippen LogP contribution is -2.29. The predicted molar refractivity (Wildman–Crippen MR) is 96.8 cm³/mol. The van der Waals surface area contributed by atoms with E-state index in [1.165, 1.54) is 30.6 Å². The predicted octanol–water partition coefficient (Wildman–Crippen LogP) is 2.79. The number of aromatic amines is 1. The number of H-pyrrole nitrogens is 1. The molecule has 28 heavy (non-hydrogen) atoms. The van der Waals surface area contributed by atoms with E-state index in [1.54, 1.807) is 7.05 Å². The summed E-state index contributed by atoms with van der Waals surface area (Å²) in [5.41, 5.74) is -3.98. The van der Waals surface area contributed by atoms with Gasteiger partial charge < -0.3 is 15.6 Å². The maximum Gasteiger partial charge on any atom is 0.517 e. The van der Waals surface area contributed by atoms with Crippen LogP contribution in [0.15, 0.2) is 36.8 Å². The van der Waals surface area contributed by atoms with Gasteiger partial charge in [0.2, 0.25) is 5.95 Å². The molecule has 0 atom stereocenters. The molecule has 4 rings (SSSR count). The number of aromatic nitrogens is 5. The van der Waals surface area contributed by atoms with Crippen LogP contribution >= 0.6 is 0 Å². The second-order valence-corrected chi connectivity index (χ2v) is 7.51. The lowest BCUT2D eigenvalue weighted by Gasteiger charge is -2.11. The first-order valence-corrected chi connectivity index (χ1v) is 9.23. The molecule has 0 aliphatic rings. The van der Waals surface area contributed by atoms with E-state index in [4.69, 9.17) is 0 Å². The zero-order valence-electron chi connectivity index (χ0n) is 14.1. The number of anilines is 3. The molecule has 9 nitrogen and oxygen atoms in total. The number of nitrogens with one attached hydrogen (secondary N) is 3. The fourth-order valence-corrected chi connectivity index (χ4v) is 3.58. The third-order valence-corrected chi connectivity index (χ3v) is 5.41. The summed E-state index contributed by atoms with van der Waals surface area (Å²) in [4.78, 5) is 15.5. The second-order valence-electron chi connectivity index (χ2n) is 5.71. The Labute approximate surface area is 155 Å². The molecular formula is C15H12F3N7O2S. The average molecular weight is 411 g/mol. The van der Waals surface area contributed by atoms with Gasteiger partial charge in [-0.25, -0.2) is 8.96 Å². The van der Waals surface area contributed by atoms with E-state index < -0.39 is 15.5 Å². The summed E-state index contributed by atoms with van der Waals surface area (Å²) in [6.45, 7) is 0. The first-order valence-electron chi connectivity index (χ1n) is 7.79. The molecule has 0 amide bonds. The Hall–Kier alpha value is -3.35. The third kappa shape index (κ3) is 2.79. The molecule has 13 heteroatoms. The average Bonchev–Trinajstić information content (AvgIpc) is 3.26. The van der Waals surface area contributed by atoms with Crippen molar-refractivity contribution in [3.05, 3.63) is 36.8 Å². The van der Waals surface area contributed by atoms with Crippen LogP contribution in [0.1, 0.15) is 0 Å². The fourth-order valence-electron chi connectivity index (χ4n) is 2.71. The van der Waals surface area contributed by atoms with Gasteiger partial charge in [-0.2, -0.15) is 31.6 Å². The number of nitrogens with zero attached hydrogens (tertiary/aromatic N) is 4. The summed E-state index contributed by atoms with van der Waals surface area (Å²) in [5, 5.41) is 6.14. The third-order valence-electron chi connectivity index (χ3n) is 3.98. The largest absolute Gasteiger partial charge is 0.517 e. The molecule has 0 aliphatic heterocycles. The van der Waals surface area contributed by atoms with Crippen molar-refractivity contribution in [2.45, 2.75) is 5.51 Å². The van der Waals surface area contributed by atoms with Crippen LogP contribution in [0.2, 0.25) is 0 Å². The molecule has 0 aliphatic carbocycles. The van der Waals surface area contributed by atoms with Crippen LogP contribution in [0.5, 0.6) is 0 Å². The van der Waals surface area contributed by atoms with E-state index in [0.29, 0.717) is 28.1 Å². The summed E-state index contributed by atoms with van der Waals surface area (Å²) in [7, 11) is -3.82. The minimum atomic E-state index is -5.51. The number of hydrogen-bond donors (Lipinski definition) is 3. The van der Waals surface area contributed by atoms with Gasteiger partial charge in [-0.05, 0) is 24.3 Å². The zero-order valence-corrected chi connectivity index (χ0v) is 14.9. The van der Waals surface area contributed by atoms with E-state index in [-0.39, 0.29) is 15.4 Å². The molecule has 0 saturated heterocycles. The van der Waals surface area contributed by atoms with Crippen molar-refractivity contribution in [2.75, 3.05) is 17.7 Å². The van der Waals surface area contributed by atoms with Gasteiger partial charge in [0.15, 0.2) is 11.5 Å². The van der Waals surface area contributed by atoms with Gasteiger partial charge in [0.1, 0.15) is 5.52 Å². The maximum absolute atomic E-state index is 12.8. The number of imidazole rings is 1. The number of benzene rings is 1. The first kappa shape index (κ1) is 18.0. The van der Waals surface area contributed by atoms with Gasteiger partial charge in [-0.15, -0.1) is 0 Å². The quantitative estimate of drug-likeness (QED) is 0.473. The van der Waals surface area contributed by atoms with E-state index in [1.807, 2.05) is 0 Å². The van der Waals surface area contributed by atoms with Gasteiger partial charge in [-0.3, -0.25) is 0 Å². The van der Waals surface area contributed by atoms with Gasteiger partial charge in [-0.1, -0.05) is 0 Å². The van der Waals surface area contributed by atoms with Gasteiger partial charge in [0, 0.05) is 24.3 Å². The minimum Gasteiger partial charge on any atom is -0.371 e. The van der Waals surface area contributed by atoms with Crippen LogP contribution in [0.4, 0.5) is 30.6 Å². The SMILES string of the molecule is CNc1nc(Nc2ccc3c(ccn3S(=O)(=O)C(F)(F)F)c2)nc2nc[nH]c12. The number of rotatable bonds is 4. The van der Waals surface area contributed by atoms with E-state index >= 15 is 0 Å². The minimum absolute atomic E-state index is 0.0949. The highest BCUT2D eigenvalue weighted by Crippen LogP contribution is 2.30. The van der Waals surface area contributed by atoms with Gasteiger partial charge in [0.05, 0.1) is 11.8 Å². The summed E-state index contributed by atoms with van der Waals surface area (Å²) in [6, 6.07) is 5.48. The molecule has 0 radical (unpaired) electrons. The monoisotopic (exact) mass is 411 g/mol. The van der Waals surface area contributed by atoms with Crippen molar-refractivity contribution in [1.29, 1.82) is 0 Å². The van der Waals surface area contributed by atoms with E-state index in [2.05, 4.69) is 30.6 Å². The Morgan fingerprint density at radius 3 is 2.68 bits per heavy atom. The summed E-state index contributed by atoms with van der Waals surface area (Å²) in [6.07, 6.45) is 2.34. The molecule has 0 fully saturated rings. The molecule has 4 aromatic rings. The summed E-state index contributed by atoms with van der Waals surface area (Å²) >= 11 is 0. The number of fused-ring (bicyclic) bond motifs is 2. The smallest absolute Gasteiger partial charge is 0.371 e. The Morgan fingerprint density at radius 2 is 1.96 bits per heavy atom. The molecule has 3 aromatic heterocycles. The highest BCUT2D eigenvalue weighted by Gasteiger charge is 2.47. The molecule has 146 valence electrons. The molecule has 0 unspecified atom stereocenters. The van der Waals surface area contributed by atoms with Crippen LogP contribution in [0.25, 0.3) is 22.1 Å².